The molecule has 1 fully saturated rings. The van der Waals surface area contributed by atoms with Gasteiger partial charge in [0.1, 0.15) is 5.75 Å². The molecule has 2 atom stereocenters. The van der Waals surface area contributed by atoms with Crippen molar-refractivity contribution in [2.45, 2.75) is 37.8 Å². The summed E-state index contributed by atoms with van der Waals surface area (Å²) >= 11 is 0. The van der Waals surface area contributed by atoms with Gasteiger partial charge in [-0.1, -0.05) is 12.1 Å². The zero-order valence-electron chi connectivity index (χ0n) is 12.1. The highest BCUT2D eigenvalue weighted by atomic mass is 19.3. The number of rotatable bonds is 4. The van der Waals surface area contributed by atoms with Gasteiger partial charge in [-0.25, -0.2) is 8.78 Å². The second kappa shape index (κ2) is 5.97. The minimum absolute atomic E-state index is 0.0801. The van der Waals surface area contributed by atoms with Crippen molar-refractivity contribution in [1.29, 1.82) is 0 Å². The Balaban J connectivity index is 2.21. The number of methoxy groups -OCH3 is 1. The summed E-state index contributed by atoms with van der Waals surface area (Å²) in [5.74, 6) is -3.07. The number of nitrogens with zero attached hydrogens (tertiary/aromatic N) is 1. The minimum Gasteiger partial charge on any atom is -0.497 e. The first-order valence-corrected chi connectivity index (χ1v) is 6.79. The van der Waals surface area contributed by atoms with Crippen molar-refractivity contribution in [2.75, 3.05) is 13.7 Å². The highest BCUT2D eigenvalue weighted by Gasteiger charge is 2.38. The predicted octanol–water partition coefficient (Wildman–Crippen LogP) is 2.37. The van der Waals surface area contributed by atoms with E-state index in [1.165, 1.54) is 12.0 Å². The van der Waals surface area contributed by atoms with Crippen molar-refractivity contribution in [3.8, 4) is 5.75 Å². The lowest BCUT2D eigenvalue weighted by molar-refractivity contribution is -0.139. The predicted molar refractivity (Wildman–Crippen MR) is 73.3 cm³/mol. The van der Waals surface area contributed by atoms with E-state index in [2.05, 4.69) is 0 Å². The number of amides is 1. The van der Waals surface area contributed by atoms with Crippen molar-refractivity contribution >= 4 is 5.91 Å². The number of aliphatic hydroxyl groups is 1. The first-order valence-electron chi connectivity index (χ1n) is 6.79. The van der Waals surface area contributed by atoms with Crippen molar-refractivity contribution in [3.63, 3.8) is 0 Å². The molecule has 1 N–H and O–H groups in total. The average Bonchev–Trinajstić information content (AvgIpc) is 2.79. The Morgan fingerprint density at radius 1 is 1.52 bits per heavy atom. The minimum atomic E-state index is -3.05. The van der Waals surface area contributed by atoms with Crippen molar-refractivity contribution < 1.29 is 23.4 Å². The summed E-state index contributed by atoms with van der Waals surface area (Å²) in [6.07, 6.45) is -1.20. The van der Waals surface area contributed by atoms with E-state index in [1.54, 1.807) is 24.3 Å². The standard InChI is InChI=1S/C15H19F2NO3/c1-15(16,17)8-14(20)18-9-11(19)7-13(18)10-4-3-5-12(6-10)21-2/h3-6,11,13,19H,7-9H2,1-2H3/t11-,13+/m0/s1. The summed E-state index contributed by atoms with van der Waals surface area (Å²) in [4.78, 5) is 13.4. The molecular formula is C15H19F2NO3. The van der Waals surface area contributed by atoms with Gasteiger partial charge in [-0.2, -0.15) is 0 Å². The van der Waals surface area contributed by atoms with E-state index in [0.717, 1.165) is 12.5 Å². The fourth-order valence-electron chi connectivity index (χ4n) is 2.62. The monoisotopic (exact) mass is 299 g/mol. The molecular weight excluding hydrogens is 280 g/mol. The molecule has 1 aliphatic heterocycles. The number of halogens is 2. The molecule has 2 rings (SSSR count). The summed E-state index contributed by atoms with van der Waals surface area (Å²) in [6.45, 7) is 0.800. The molecule has 0 radical (unpaired) electrons. The van der Waals surface area contributed by atoms with E-state index in [0.29, 0.717) is 12.2 Å². The average molecular weight is 299 g/mol. The maximum absolute atomic E-state index is 13.0. The Morgan fingerprint density at radius 3 is 2.86 bits per heavy atom. The van der Waals surface area contributed by atoms with Gasteiger partial charge in [-0.15, -0.1) is 0 Å². The first kappa shape index (κ1) is 15.7. The Morgan fingerprint density at radius 2 is 2.24 bits per heavy atom. The molecule has 0 aliphatic carbocycles. The molecule has 1 aromatic carbocycles. The third-order valence-electron chi connectivity index (χ3n) is 3.54. The number of benzene rings is 1. The summed E-state index contributed by atoms with van der Waals surface area (Å²) < 4.78 is 31.2. The lowest BCUT2D eigenvalue weighted by atomic mass is 10.0. The van der Waals surface area contributed by atoms with E-state index in [9.17, 15) is 18.7 Å². The SMILES string of the molecule is COc1cccc([C@H]2C[C@H](O)CN2C(=O)CC(C)(F)F)c1. The van der Waals surface area contributed by atoms with Crippen LogP contribution in [0.3, 0.4) is 0 Å². The van der Waals surface area contributed by atoms with Crippen LogP contribution in [0.5, 0.6) is 5.75 Å². The zero-order valence-corrected chi connectivity index (χ0v) is 12.1. The summed E-state index contributed by atoms with van der Waals surface area (Å²) in [7, 11) is 1.53. The second-order valence-corrected chi connectivity index (χ2v) is 5.48. The fourth-order valence-corrected chi connectivity index (χ4v) is 2.62. The lowest BCUT2D eigenvalue weighted by Crippen LogP contribution is -2.35. The molecule has 0 aromatic heterocycles. The van der Waals surface area contributed by atoms with Crippen molar-refractivity contribution in [1.82, 2.24) is 4.90 Å². The third kappa shape index (κ3) is 3.91. The van der Waals surface area contributed by atoms with Gasteiger partial charge in [0.2, 0.25) is 5.91 Å². The fraction of sp³-hybridized carbons (Fsp3) is 0.533. The molecule has 6 heteroatoms. The van der Waals surface area contributed by atoms with Gasteiger partial charge in [0, 0.05) is 6.54 Å². The zero-order chi connectivity index (χ0) is 15.6. The number of carbonyl (C=O) groups excluding carboxylic acids is 1. The normalized spacial score (nSPS) is 22.4. The maximum Gasteiger partial charge on any atom is 0.254 e. The van der Waals surface area contributed by atoms with Crippen LogP contribution in [0.15, 0.2) is 24.3 Å². The summed E-state index contributed by atoms with van der Waals surface area (Å²) in [5, 5.41) is 9.79. The number of aliphatic hydroxyl groups excluding tert-OH is 1. The summed E-state index contributed by atoms with van der Waals surface area (Å²) in [6, 6.07) is 6.70. The van der Waals surface area contributed by atoms with Gasteiger partial charge in [-0.3, -0.25) is 4.79 Å². The van der Waals surface area contributed by atoms with E-state index < -0.39 is 30.4 Å². The van der Waals surface area contributed by atoms with Gasteiger partial charge in [0.15, 0.2) is 0 Å². The molecule has 116 valence electrons. The van der Waals surface area contributed by atoms with Crippen molar-refractivity contribution in [3.05, 3.63) is 29.8 Å². The number of hydrogen-bond donors (Lipinski definition) is 1. The molecule has 0 bridgehead atoms. The molecule has 4 nitrogen and oxygen atoms in total. The van der Waals surface area contributed by atoms with Crippen LogP contribution < -0.4 is 4.74 Å². The quantitative estimate of drug-likeness (QED) is 0.928. The van der Waals surface area contributed by atoms with Gasteiger partial charge in [0.05, 0.1) is 25.7 Å². The number of alkyl halides is 2. The molecule has 1 heterocycles. The molecule has 1 amide bonds. The van der Waals surface area contributed by atoms with E-state index in [4.69, 9.17) is 4.74 Å². The topological polar surface area (TPSA) is 49.8 Å². The first-order chi connectivity index (χ1) is 9.80. The Labute approximate surface area is 122 Å². The van der Waals surface area contributed by atoms with Gasteiger partial charge in [-0.05, 0) is 31.0 Å². The number of hydrogen-bond acceptors (Lipinski definition) is 3. The molecule has 0 unspecified atom stereocenters. The molecule has 1 saturated heterocycles. The molecule has 1 aliphatic rings. The van der Waals surface area contributed by atoms with Crippen LogP contribution in [-0.2, 0) is 4.79 Å². The van der Waals surface area contributed by atoms with Gasteiger partial charge < -0.3 is 14.7 Å². The molecule has 0 spiro atoms. The van der Waals surface area contributed by atoms with Crippen molar-refractivity contribution in [2.24, 2.45) is 0 Å². The van der Waals surface area contributed by atoms with Crippen LogP contribution in [-0.4, -0.2) is 41.6 Å². The van der Waals surface area contributed by atoms with Crippen LogP contribution in [0.4, 0.5) is 8.78 Å². The number of carbonyl (C=O) groups is 1. The summed E-state index contributed by atoms with van der Waals surface area (Å²) in [5.41, 5.74) is 0.777. The van der Waals surface area contributed by atoms with Gasteiger partial charge >= 0.3 is 0 Å². The van der Waals surface area contributed by atoms with Crippen LogP contribution in [0.2, 0.25) is 0 Å². The third-order valence-corrected chi connectivity index (χ3v) is 3.54. The van der Waals surface area contributed by atoms with Crippen LogP contribution in [0.25, 0.3) is 0 Å². The van der Waals surface area contributed by atoms with E-state index >= 15 is 0 Å². The largest absolute Gasteiger partial charge is 0.497 e. The second-order valence-electron chi connectivity index (χ2n) is 5.48. The van der Waals surface area contributed by atoms with E-state index in [-0.39, 0.29) is 6.54 Å². The van der Waals surface area contributed by atoms with Gasteiger partial charge in [0.25, 0.3) is 5.92 Å². The van der Waals surface area contributed by atoms with Crippen LogP contribution in [0.1, 0.15) is 31.4 Å². The highest BCUT2D eigenvalue weighted by molar-refractivity contribution is 5.78. The molecule has 1 aromatic rings. The molecule has 0 saturated carbocycles. The Hall–Kier alpha value is -1.69. The maximum atomic E-state index is 13.0. The number of β-amino-alcohol motifs (C(OH)–C–C–N with tert-alkyl or cyclic N) is 1. The van der Waals surface area contributed by atoms with E-state index in [1.807, 2.05) is 0 Å². The Bertz CT molecular complexity index is 516. The highest BCUT2D eigenvalue weighted by Crippen LogP contribution is 2.35. The Kier molecular flexibility index (Phi) is 4.46. The van der Waals surface area contributed by atoms with Crippen LogP contribution in [0, 0.1) is 0 Å². The number of likely N-dealkylation sites (tertiary alicyclic amines) is 1. The lowest BCUT2D eigenvalue weighted by Gasteiger charge is -2.26. The number of ether oxygens (including phenoxy) is 1. The van der Waals surface area contributed by atoms with Crippen LogP contribution >= 0.6 is 0 Å². The smallest absolute Gasteiger partial charge is 0.254 e. The molecule has 21 heavy (non-hydrogen) atoms.